The minimum Gasteiger partial charge on any atom is -0.497 e. The first-order valence-electron chi connectivity index (χ1n) is 7.08. The first-order valence-corrected chi connectivity index (χ1v) is 7.08. The van der Waals surface area contributed by atoms with Crippen LogP contribution in [-0.2, 0) is 11.2 Å². The van der Waals surface area contributed by atoms with Crippen LogP contribution >= 0.6 is 0 Å². The van der Waals surface area contributed by atoms with Crippen LogP contribution < -0.4 is 15.4 Å². The number of carbonyl (C=O) groups excluding carboxylic acids is 1. The lowest BCUT2D eigenvalue weighted by Gasteiger charge is -2.35. The van der Waals surface area contributed by atoms with Crippen LogP contribution in [0.1, 0.15) is 32.8 Å². The van der Waals surface area contributed by atoms with Gasteiger partial charge in [0, 0.05) is 12.2 Å². The molecule has 0 aromatic heterocycles. The van der Waals surface area contributed by atoms with Gasteiger partial charge < -0.3 is 15.4 Å². The largest absolute Gasteiger partial charge is 0.497 e. The van der Waals surface area contributed by atoms with Crippen LogP contribution in [0, 0.1) is 5.41 Å². The summed E-state index contributed by atoms with van der Waals surface area (Å²) in [5.74, 6) is 0.835. The van der Waals surface area contributed by atoms with Gasteiger partial charge in [0.25, 0.3) is 0 Å². The predicted octanol–water partition coefficient (Wildman–Crippen LogP) is 2.35. The molecule has 2 N–H and O–H groups in total. The number of hydrogen-bond donors (Lipinski definition) is 1. The number of aryl methyl sites for hydroxylation is 1. The molecule has 1 aliphatic heterocycles. The zero-order chi connectivity index (χ0) is 14.9. The fourth-order valence-corrected chi connectivity index (χ4v) is 2.47. The second kappa shape index (κ2) is 5.44. The third-order valence-electron chi connectivity index (χ3n) is 3.87. The van der Waals surface area contributed by atoms with Crippen LogP contribution in [0.3, 0.4) is 0 Å². The molecule has 2 rings (SSSR count). The monoisotopic (exact) mass is 276 g/mol. The van der Waals surface area contributed by atoms with E-state index in [1.807, 2.05) is 43.9 Å². The maximum absolute atomic E-state index is 12.6. The highest BCUT2D eigenvalue weighted by Crippen LogP contribution is 2.32. The van der Waals surface area contributed by atoms with E-state index >= 15 is 0 Å². The smallest absolute Gasteiger partial charge is 0.244 e. The Labute approximate surface area is 120 Å². The molecule has 0 radical (unpaired) electrons. The number of methoxy groups -OCH3 is 1. The van der Waals surface area contributed by atoms with E-state index < -0.39 is 6.04 Å². The standard InChI is InChI=1S/C16H24N2O2/c1-16(2,3)14(17)15(19)18-9-5-6-11-10-12(20-4)7-8-13(11)18/h7-8,10,14H,5-6,9,17H2,1-4H3/t14-/m0/s1. The molecule has 1 aromatic rings. The van der Waals surface area contributed by atoms with Crippen LogP contribution in [0.5, 0.6) is 5.75 Å². The first kappa shape index (κ1) is 14.9. The Morgan fingerprint density at radius 1 is 1.40 bits per heavy atom. The Morgan fingerprint density at radius 3 is 2.70 bits per heavy atom. The van der Waals surface area contributed by atoms with E-state index in [4.69, 9.17) is 10.5 Å². The van der Waals surface area contributed by atoms with Gasteiger partial charge in [0.2, 0.25) is 5.91 Å². The van der Waals surface area contributed by atoms with Crippen LogP contribution in [0.15, 0.2) is 18.2 Å². The van der Waals surface area contributed by atoms with E-state index in [1.54, 1.807) is 7.11 Å². The zero-order valence-corrected chi connectivity index (χ0v) is 12.8. The van der Waals surface area contributed by atoms with E-state index in [-0.39, 0.29) is 11.3 Å². The molecule has 20 heavy (non-hydrogen) atoms. The second-order valence-electron chi connectivity index (χ2n) is 6.43. The molecule has 1 aliphatic rings. The average molecular weight is 276 g/mol. The summed E-state index contributed by atoms with van der Waals surface area (Å²) in [6.07, 6.45) is 1.93. The summed E-state index contributed by atoms with van der Waals surface area (Å²) in [6.45, 7) is 6.72. The highest BCUT2D eigenvalue weighted by atomic mass is 16.5. The Hall–Kier alpha value is -1.55. The minimum absolute atomic E-state index is 0.00335. The fourth-order valence-electron chi connectivity index (χ4n) is 2.47. The van der Waals surface area contributed by atoms with Crippen LogP contribution in [0.2, 0.25) is 0 Å². The van der Waals surface area contributed by atoms with Crippen molar-refractivity contribution < 1.29 is 9.53 Å². The van der Waals surface area contributed by atoms with Gasteiger partial charge in [-0.3, -0.25) is 4.79 Å². The lowest BCUT2D eigenvalue weighted by Crippen LogP contribution is -2.51. The third-order valence-corrected chi connectivity index (χ3v) is 3.87. The van der Waals surface area contributed by atoms with E-state index in [9.17, 15) is 4.79 Å². The summed E-state index contributed by atoms with van der Waals surface area (Å²) in [7, 11) is 1.66. The topological polar surface area (TPSA) is 55.6 Å². The Bertz CT molecular complexity index is 506. The molecule has 1 aromatic carbocycles. The van der Waals surface area contributed by atoms with Gasteiger partial charge in [-0.2, -0.15) is 0 Å². The quantitative estimate of drug-likeness (QED) is 0.902. The van der Waals surface area contributed by atoms with Crippen LogP contribution in [-0.4, -0.2) is 25.6 Å². The summed E-state index contributed by atoms with van der Waals surface area (Å²) < 4.78 is 5.25. The number of fused-ring (bicyclic) bond motifs is 1. The molecule has 0 fully saturated rings. The molecule has 1 heterocycles. The summed E-state index contributed by atoms with van der Waals surface area (Å²) >= 11 is 0. The molecule has 0 aliphatic carbocycles. The number of nitrogens with two attached hydrogens (primary N) is 1. The van der Waals surface area contributed by atoms with Crippen LogP contribution in [0.25, 0.3) is 0 Å². The van der Waals surface area contributed by atoms with Gasteiger partial charge in [0.15, 0.2) is 0 Å². The number of ether oxygens (including phenoxy) is 1. The minimum atomic E-state index is -0.490. The van der Waals surface area contributed by atoms with Crippen molar-refractivity contribution >= 4 is 11.6 Å². The summed E-state index contributed by atoms with van der Waals surface area (Å²) in [5.41, 5.74) is 8.02. The molecule has 110 valence electrons. The van der Waals surface area contributed by atoms with Crippen molar-refractivity contribution in [2.24, 2.45) is 11.1 Å². The maximum Gasteiger partial charge on any atom is 0.244 e. The van der Waals surface area contributed by atoms with Crippen LogP contribution in [0.4, 0.5) is 5.69 Å². The molecule has 0 bridgehead atoms. The van der Waals surface area contributed by atoms with Gasteiger partial charge in [0.1, 0.15) is 5.75 Å². The maximum atomic E-state index is 12.6. The number of hydrogen-bond acceptors (Lipinski definition) is 3. The molecule has 0 spiro atoms. The van der Waals surface area contributed by atoms with Gasteiger partial charge >= 0.3 is 0 Å². The van der Waals surface area contributed by atoms with E-state index in [1.165, 1.54) is 0 Å². The average Bonchev–Trinajstić information content (AvgIpc) is 2.43. The number of amides is 1. The van der Waals surface area contributed by atoms with Gasteiger partial charge in [-0.25, -0.2) is 0 Å². The fraction of sp³-hybridized carbons (Fsp3) is 0.562. The SMILES string of the molecule is COc1ccc2c(c1)CCCN2C(=O)[C@H](N)C(C)(C)C. The zero-order valence-electron chi connectivity index (χ0n) is 12.8. The Balaban J connectivity index is 2.31. The lowest BCUT2D eigenvalue weighted by molar-refractivity contribution is -0.122. The Morgan fingerprint density at radius 2 is 2.10 bits per heavy atom. The van der Waals surface area contributed by atoms with Gasteiger partial charge in [0.05, 0.1) is 13.2 Å². The summed E-state index contributed by atoms with van der Waals surface area (Å²) in [6, 6.07) is 5.38. The number of carbonyl (C=O) groups is 1. The summed E-state index contributed by atoms with van der Waals surface area (Å²) in [4.78, 5) is 14.5. The molecule has 0 unspecified atom stereocenters. The van der Waals surface area contributed by atoms with Crippen molar-refractivity contribution in [2.75, 3.05) is 18.6 Å². The molecule has 0 saturated carbocycles. The first-order chi connectivity index (χ1) is 9.34. The molecule has 0 saturated heterocycles. The highest BCUT2D eigenvalue weighted by molar-refractivity contribution is 5.98. The van der Waals surface area contributed by atoms with E-state index in [2.05, 4.69) is 0 Å². The number of anilines is 1. The number of benzene rings is 1. The number of rotatable bonds is 2. The van der Waals surface area contributed by atoms with Crippen molar-refractivity contribution in [2.45, 2.75) is 39.7 Å². The third kappa shape index (κ3) is 2.80. The normalized spacial score (nSPS) is 16.6. The van der Waals surface area contributed by atoms with Crippen molar-refractivity contribution in [3.8, 4) is 5.75 Å². The summed E-state index contributed by atoms with van der Waals surface area (Å²) in [5, 5.41) is 0. The van der Waals surface area contributed by atoms with E-state index in [0.29, 0.717) is 0 Å². The van der Waals surface area contributed by atoms with E-state index in [0.717, 1.165) is 36.4 Å². The molecule has 1 atom stereocenters. The molecular formula is C16H24N2O2. The van der Waals surface area contributed by atoms with Crippen molar-refractivity contribution in [1.29, 1.82) is 0 Å². The predicted molar refractivity (Wildman–Crippen MR) is 81.1 cm³/mol. The van der Waals surface area contributed by atoms with Gasteiger partial charge in [-0.15, -0.1) is 0 Å². The van der Waals surface area contributed by atoms with Crippen molar-refractivity contribution in [1.82, 2.24) is 0 Å². The molecular weight excluding hydrogens is 252 g/mol. The second-order valence-corrected chi connectivity index (χ2v) is 6.43. The molecule has 4 heteroatoms. The van der Waals surface area contributed by atoms with Crippen molar-refractivity contribution in [3.63, 3.8) is 0 Å². The number of nitrogens with zero attached hydrogens (tertiary/aromatic N) is 1. The van der Waals surface area contributed by atoms with Crippen molar-refractivity contribution in [3.05, 3.63) is 23.8 Å². The highest BCUT2D eigenvalue weighted by Gasteiger charge is 2.33. The molecule has 4 nitrogen and oxygen atoms in total. The van der Waals surface area contributed by atoms with Gasteiger partial charge in [-0.1, -0.05) is 20.8 Å². The Kier molecular flexibility index (Phi) is 4.04. The lowest BCUT2D eigenvalue weighted by atomic mass is 9.86. The molecule has 1 amide bonds. The van der Waals surface area contributed by atoms with Gasteiger partial charge in [-0.05, 0) is 42.0 Å².